The van der Waals surface area contributed by atoms with Crippen LogP contribution in [0.3, 0.4) is 0 Å². The Morgan fingerprint density at radius 2 is 2.08 bits per heavy atom. The molecule has 2 aromatic rings. The van der Waals surface area contributed by atoms with E-state index in [9.17, 15) is 14.7 Å². The molecule has 24 heavy (non-hydrogen) atoms. The first kappa shape index (κ1) is 17.7. The van der Waals surface area contributed by atoms with Crippen molar-refractivity contribution in [2.24, 2.45) is 0 Å². The minimum atomic E-state index is -0.437. The Labute approximate surface area is 141 Å². The predicted octanol–water partition coefficient (Wildman–Crippen LogP) is 2.13. The largest absolute Gasteiger partial charge is 0.393 e. The summed E-state index contributed by atoms with van der Waals surface area (Å²) in [6, 6.07) is 12.2. The van der Waals surface area contributed by atoms with Crippen LogP contribution in [0, 0.1) is 0 Å². The topological polar surface area (TPSA) is 74.6 Å². The number of urea groups is 1. The van der Waals surface area contributed by atoms with Crippen LogP contribution < -0.4 is 10.9 Å². The lowest BCUT2D eigenvalue weighted by Crippen LogP contribution is -2.33. The van der Waals surface area contributed by atoms with Crippen molar-refractivity contribution < 1.29 is 9.90 Å². The molecule has 0 aliphatic heterocycles. The molecule has 0 aliphatic carbocycles. The zero-order chi connectivity index (χ0) is 17.5. The van der Waals surface area contributed by atoms with Crippen LogP contribution in [0.5, 0.6) is 0 Å². The Morgan fingerprint density at radius 3 is 2.79 bits per heavy atom. The van der Waals surface area contributed by atoms with Crippen molar-refractivity contribution in [1.82, 2.24) is 9.47 Å². The van der Waals surface area contributed by atoms with Crippen molar-refractivity contribution >= 4 is 11.7 Å². The molecular weight excluding hydrogens is 306 g/mol. The van der Waals surface area contributed by atoms with Crippen molar-refractivity contribution in [2.45, 2.75) is 26.0 Å². The van der Waals surface area contributed by atoms with E-state index in [1.54, 1.807) is 36.9 Å². The second kappa shape index (κ2) is 8.31. The number of benzene rings is 1. The molecule has 0 bridgehead atoms. The van der Waals surface area contributed by atoms with Gasteiger partial charge in [-0.15, -0.1) is 0 Å². The van der Waals surface area contributed by atoms with Crippen molar-refractivity contribution in [3.63, 3.8) is 0 Å². The molecule has 6 heteroatoms. The van der Waals surface area contributed by atoms with Gasteiger partial charge in [0.1, 0.15) is 0 Å². The third-order valence-electron chi connectivity index (χ3n) is 3.66. The molecule has 0 saturated heterocycles. The van der Waals surface area contributed by atoms with Gasteiger partial charge in [-0.2, -0.15) is 0 Å². The van der Waals surface area contributed by atoms with Gasteiger partial charge in [-0.3, -0.25) is 4.79 Å². The highest BCUT2D eigenvalue weighted by Gasteiger charge is 2.10. The fourth-order valence-electron chi connectivity index (χ4n) is 2.24. The molecule has 0 saturated carbocycles. The molecular formula is C18H23N3O3. The Morgan fingerprint density at radius 1 is 1.29 bits per heavy atom. The molecule has 128 valence electrons. The number of nitrogens with one attached hydrogen (secondary N) is 1. The lowest BCUT2D eigenvalue weighted by molar-refractivity contribution is 0.167. The van der Waals surface area contributed by atoms with Crippen molar-refractivity contribution in [1.29, 1.82) is 0 Å². The van der Waals surface area contributed by atoms with Crippen LogP contribution in [0.4, 0.5) is 10.5 Å². The van der Waals surface area contributed by atoms with Gasteiger partial charge in [-0.25, -0.2) is 4.79 Å². The summed E-state index contributed by atoms with van der Waals surface area (Å²) in [5, 5.41) is 12.1. The zero-order valence-electron chi connectivity index (χ0n) is 14.0. The maximum atomic E-state index is 12.1. The van der Waals surface area contributed by atoms with E-state index in [1.165, 1.54) is 11.0 Å². The van der Waals surface area contributed by atoms with E-state index in [4.69, 9.17) is 0 Å². The number of nitrogens with zero attached hydrogens (tertiary/aromatic N) is 2. The minimum Gasteiger partial charge on any atom is -0.393 e. The fourth-order valence-corrected chi connectivity index (χ4v) is 2.24. The van der Waals surface area contributed by atoms with E-state index in [0.717, 1.165) is 5.56 Å². The summed E-state index contributed by atoms with van der Waals surface area (Å²) in [4.78, 5) is 25.4. The monoisotopic (exact) mass is 329 g/mol. The normalized spacial score (nSPS) is 11.8. The Hall–Kier alpha value is -2.60. The average molecular weight is 329 g/mol. The first-order valence-electron chi connectivity index (χ1n) is 7.90. The third-order valence-corrected chi connectivity index (χ3v) is 3.66. The summed E-state index contributed by atoms with van der Waals surface area (Å²) in [6.07, 6.45) is 1.82. The maximum Gasteiger partial charge on any atom is 0.321 e. The number of carbonyl (C=O) groups excluding carboxylic acids is 1. The lowest BCUT2D eigenvalue weighted by Gasteiger charge is -2.19. The maximum absolute atomic E-state index is 12.1. The third kappa shape index (κ3) is 5.24. The van der Waals surface area contributed by atoms with Crippen LogP contribution in [-0.2, 0) is 6.54 Å². The van der Waals surface area contributed by atoms with Gasteiger partial charge in [0.05, 0.1) is 12.6 Å². The van der Waals surface area contributed by atoms with Gasteiger partial charge in [0.25, 0.3) is 5.56 Å². The molecule has 1 heterocycles. The first-order chi connectivity index (χ1) is 11.5. The molecule has 2 rings (SSSR count). The molecule has 6 nitrogen and oxygen atoms in total. The summed E-state index contributed by atoms with van der Waals surface area (Å²) >= 11 is 0. The highest BCUT2D eigenvalue weighted by atomic mass is 16.3. The number of anilines is 1. The number of hydrogen-bond acceptors (Lipinski definition) is 3. The van der Waals surface area contributed by atoms with Crippen LogP contribution in [0.2, 0.25) is 0 Å². The number of hydrogen-bond donors (Lipinski definition) is 2. The molecule has 0 radical (unpaired) electrons. The fraction of sp³-hybridized carbons (Fsp3) is 0.333. The van der Waals surface area contributed by atoms with Gasteiger partial charge in [-0.05, 0) is 37.1 Å². The van der Waals surface area contributed by atoms with Gasteiger partial charge < -0.3 is 19.9 Å². The van der Waals surface area contributed by atoms with E-state index >= 15 is 0 Å². The van der Waals surface area contributed by atoms with Gasteiger partial charge in [-0.1, -0.05) is 18.2 Å². The number of amides is 2. The van der Waals surface area contributed by atoms with Gasteiger partial charge in [0.2, 0.25) is 0 Å². The van der Waals surface area contributed by atoms with Crippen LogP contribution in [0.1, 0.15) is 18.9 Å². The summed E-state index contributed by atoms with van der Waals surface area (Å²) in [5.74, 6) is 0. The highest BCUT2D eigenvalue weighted by Crippen LogP contribution is 2.12. The number of rotatable bonds is 6. The van der Waals surface area contributed by atoms with Gasteiger partial charge in [0, 0.05) is 31.5 Å². The summed E-state index contributed by atoms with van der Waals surface area (Å²) in [5.41, 5.74) is 1.53. The van der Waals surface area contributed by atoms with Crippen molar-refractivity contribution in [3.05, 3.63) is 64.6 Å². The number of carbonyl (C=O) groups is 1. The van der Waals surface area contributed by atoms with Crippen LogP contribution >= 0.6 is 0 Å². The highest BCUT2D eigenvalue weighted by molar-refractivity contribution is 5.89. The van der Waals surface area contributed by atoms with Crippen LogP contribution in [0.15, 0.2) is 53.5 Å². The summed E-state index contributed by atoms with van der Waals surface area (Å²) < 4.78 is 1.61. The molecule has 0 fully saturated rings. The first-order valence-corrected chi connectivity index (χ1v) is 7.90. The van der Waals surface area contributed by atoms with Crippen molar-refractivity contribution in [3.8, 4) is 0 Å². The average Bonchev–Trinajstić information content (AvgIpc) is 2.55. The Bertz CT molecular complexity index is 740. The second-order valence-corrected chi connectivity index (χ2v) is 5.86. The number of pyridine rings is 1. The molecule has 1 aromatic heterocycles. The van der Waals surface area contributed by atoms with E-state index in [-0.39, 0.29) is 11.6 Å². The predicted molar refractivity (Wildman–Crippen MR) is 94.2 cm³/mol. The van der Waals surface area contributed by atoms with Crippen LogP contribution in [0.25, 0.3) is 0 Å². The minimum absolute atomic E-state index is 0.0650. The van der Waals surface area contributed by atoms with E-state index in [2.05, 4.69) is 5.32 Å². The quantitative estimate of drug-likeness (QED) is 0.852. The van der Waals surface area contributed by atoms with E-state index in [0.29, 0.717) is 25.2 Å². The number of aliphatic hydroxyl groups is 1. The standard InChI is InChI=1S/C18H23N3O3/c1-14(22)9-11-20(2)18(24)19-16-7-5-6-15(12-16)13-21-10-4-3-8-17(21)23/h3-8,10,12,14,22H,9,11,13H2,1-2H3,(H,19,24)/t14-/m1/s1. The molecule has 2 amide bonds. The number of aliphatic hydroxyl groups excluding tert-OH is 1. The Balaban J connectivity index is 2.01. The van der Waals surface area contributed by atoms with Gasteiger partial charge >= 0.3 is 6.03 Å². The summed E-state index contributed by atoms with van der Waals surface area (Å²) in [7, 11) is 1.69. The van der Waals surface area contributed by atoms with Crippen LogP contribution in [-0.4, -0.2) is 40.3 Å². The SMILES string of the molecule is C[C@@H](O)CCN(C)C(=O)Nc1cccc(Cn2ccccc2=O)c1. The van der Waals surface area contributed by atoms with E-state index < -0.39 is 6.10 Å². The van der Waals surface area contributed by atoms with E-state index in [1.807, 2.05) is 24.3 Å². The molecule has 0 unspecified atom stereocenters. The molecule has 2 N–H and O–H groups in total. The van der Waals surface area contributed by atoms with Gasteiger partial charge in [0.15, 0.2) is 0 Å². The number of aromatic nitrogens is 1. The molecule has 0 spiro atoms. The summed E-state index contributed by atoms with van der Waals surface area (Å²) in [6.45, 7) is 2.62. The second-order valence-electron chi connectivity index (χ2n) is 5.86. The molecule has 1 atom stereocenters. The Kier molecular flexibility index (Phi) is 6.14. The lowest BCUT2D eigenvalue weighted by atomic mass is 10.2. The zero-order valence-corrected chi connectivity index (χ0v) is 14.0. The smallest absolute Gasteiger partial charge is 0.321 e. The molecule has 0 aliphatic rings. The molecule has 1 aromatic carbocycles. The van der Waals surface area contributed by atoms with Crippen molar-refractivity contribution in [2.75, 3.05) is 18.9 Å².